The first-order valence-electron chi connectivity index (χ1n) is 4.76. The molecule has 1 aliphatic heterocycles. The summed E-state index contributed by atoms with van der Waals surface area (Å²) in [6.45, 7) is 0.444. The van der Waals surface area contributed by atoms with Gasteiger partial charge in [-0.15, -0.1) is 0 Å². The van der Waals surface area contributed by atoms with E-state index in [4.69, 9.17) is 0 Å². The topological polar surface area (TPSA) is 40.2 Å². The van der Waals surface area contributed by atoms with Crippen molar-refractivity contribution in [2.75, 3.05) is 6.54 Å². The summed E-state index contributed by atoms with van der Waals surface area (Å²) in [7, 11) is 0. The second kappa shape index (κ2) is 4.03. The Morgan fingerprint density at radius 1 is 1.27 bits per heavy atom. The standard InChI is InChI=1S/C12H10NO2/c14-11-6-8-13(9-7-11)12(15)10-4-2-1-3-5-10/h1-5,9H,6,8H2. The molecule has 0 atom stereocenters. The van der Waals surface area contributed by atoms with Crippen LogP contribution < -0.4 is 0 Å². The first-order chi connectivity index (χ1) is 7.27. The van der Waals surface area contributed by atoms with Crippen molar-refractivity contribution in [3.63, 3.8) is 0 Å². The summed E-state index contributed by atoms with van der Waals surface area (Å²) in [4.78, 5) is 13.4. The lowest BCUT2D eigenvalue weighted by atomic mass is 10.2. The molecule has 1 heterocycles. The summed E-state index contributed by atoms with van der Waals surface area (Å²) in [5.41, 5.74) is 3.15. The van der Waals surface area contributed by atoms with Crippen LogP contribution in [0.1, 0.15) is 16.8 Å². The average molecular weight is 200 g/mol. The summed E-state index contributed by atoms with van der Waals surface area (Å²) in [5, 5.41) is 10.9. The Morgan fingerprint density at radius 3 is 2.60 bits per heavy atom. The van der Waals surface area contributed by atoms with Crippen molar-refractivity contribution >= 4 is 5.91 Å². The van der Waals surface area contributed by atoms with Gasteiger partial charge in [-0.3, -0.25) is 9.90 Å². The molecule has 0 N–H and O–H groups in total. The van der Waals surface area contributed by atoms with E-state index in [1.165, 1.54) is 11.1 Å². The maximum atomic E-state index is 11.8. The molecule has 0 bridgehead atoms. The number of hydrogen-bond acceptors (Lipinski definition) is 1. The largest absolute Gasteiger partial charge is 0.307 e. The van der Waals surface area contributed by atoms with Crippen molar-refractivity contribution in [1.82, 2.24) is 4.90 Å². The van der Waals surface area contributed by atoms with Crippen molar-refractivity contribution < 1.29 is 9.90 Å². The third-order valence-electron chi connectivity index (χ3n) is 2.24. The Labute approximate surface area is 88.0 Å². The Bertz CT molecular complexity index is 430. The summed E-state index contributed by atoms with van der Waals surface area (Å²) in [5.74, 6) is -0.136. The van der Waals surface area contributed by atoms with Gasteiger partial charge in [-0.25, -0.2) is 0 Å². The number of benzene rings is 1. The molecule has 0 fully saturated rings. The van der Waals surface area contributed by atoms with Crippen LogP contribution in [-0.2, 0) is 5.11 Å². The quantitative estimate of drug-likeness (QED) is 0.639. The van der Waals surface area contributed by atoms with Crippen molar-refractivity contribution in [2.45, 2.75) is 6.42 Å². The minimum absolute atomic E-state index is 0.0490. The van der Waals surface area contributed by atoms with Crippen molar-refractivity contribution in [3.05, 3.63) is 53.6 Å². The SMILES string of the molecule is [O]C1=C=CN(C(=O)c2ccccc2)CC1. The first-order valence-corrected chi connectivity index (χ1v) is 4.76. The Balaban J connectivity index is 2.20. The first kappa shape index (κ1) is 9.56. The zero-order valence-corrected chi connectivity index (χ0v) is 8.14. The monoisotopic (exact) mass is 200 g/mol. The molecule has 1 amide bonds. The number of hydrogen-bond donors (Lipinski definition) is 0. The number of carbonyl (C=O) groups is 1. The molecule has 0 unspecified atom stereocenters. The van der Waals surface area contributed by atoms with Gasteiger partial charge in [0, 0.05) is 18.5 Å². The maximum Gasteiger partial charge on any atom is 0.258 e. The van der Waals surface area contributed by atoms with Gasteiger partial charge in [0.1, 0.15) is 0 Å². The minimum Gasteiger partial charge on any atom is -0.307 e. The van der Waals surface area contributed by atoms with Gasteiger partial charge < -0.3 is 4.90 Å². The smallest absolute Gasteiger partial charge is 0.258 e. The van der Waals surface area contributed by atoms with Crippen LogP contribution in [-0.4, -0.2) is 17.4 Å². The number of nitrogens with zero attached hydrogens (tertiary/aromatic N) is 1. The molecule has 3 heteroatoms. The van der Waals surface area contributed by atoms with E-state index in [2.05, 4.69) is 5.73 Å². The molecule has 3 nitrogen and oxygen atoms in total. The van der Waals surface area contributed by atoms with E-state index in [0.29, 0.717) is 18.5 Å². The van der Waals surface area contributed by atoms with E-state index in [9.17, 15) is 9.90 Å². The number of carbonyl (C=O) groups excluding carboxylic acids is 1. The fourth-order valence-corrected chi connectivity index (χ4v) is 1.42. The summed E-state index contributed by atoms with van der Waals surface area (Å²) >= 11 is 0. The van der Waals surface area contributed by atoms with Gasteiger partial charge in [0.05, 0.1) is 6.20 Å². The highest BCUT2D eigenvalue weighted by atomic mass is 16.3. The summed E-state index contributed by atoms with van der Waals surface area (Å²) in [6, 6.07) is 9.00. The predicted molar refractivity (Wildman–Crippen MR) is 54.4 cm³/mol. The highest BCUT2D eigenvalue weighted by Crippen LogP contribution is 2.10. The van der Waals surface area contributed by atoms with Crippen LogP contribution in [0.25, 0.3) is 0 Å². The van der Waals surface area contributed by atoms with Crippen molar-refractivity contribution in [1.29, 1.82) is 0 Å². The predicted octanol–water partition coefficient (Wildman–Crippen LogP) is 1.96. The molecule has 0 spiro atoms. The Kier molecular flexibility index (Phi) is 2.57. The molecular weight excluding hydrogens is 190 g/mol. The van der Waals surface area contributed by atoms with Crippen LogP contribution in [0, 0.1) is 0 Å². The zero-order chi connectivity index (χ0) is 10.7. The molecule has 2 rings (SSSR count). The Hall–Kier alpha value is -1.99. The second-order valence-electron chi connectivity index (χ2n) is 3.31. The second-order valence-corrected chi connectivity index (χ2v) is 3.31. The molecule has 0 aliphatic carbocycles. The van der Waals surface area contributed by atoms with Crippen LogP contribution in [0.2, 0.25) is 0 Å². The van der Waals surface area contributed by atoms with Crippen molar-refractivity contribution in [2.24, 2.45) is 0 Å². The molecule has 1 aromatic rings. The molecule has 15 heavy (non-hydrogen) atoms. The maximum absolute atomic E-state index is 11.8. The highest BCUT2D eigenvalue weighted by Gasteiger charge is 2.16. The third-order valence-corrected chi connectivity index (χ3v) is 2.24. The van der Waals surface area contributed by atoms with E-state index < -0.39 is 0 Å². The molecule has 75 valence electrons. The lowest BCUT2D eigenvalue weighted by molar-refractivity contribution is 0.0813. The Morgan fingerprint density at radius 2 is 2.00 bits per heavy atom. The number of rotatable bonds is 1. The molecule has 0 aromatic heterocycles. The van der Waals surface area contributed by atoms with Gasteiger partial charge in [-0.1, -0.05) is 23.9 Å². The van der Waals surface area contributed by atoms with Crippen LogP contribution in [0.4, 0.5) is 0 Å². The van der Waals surface area contributed by atoms with Gasteiger partial charge in [-0.2, -0.15) is 0 Å². The van der Waals surface area contributed by atoms with Gasteiger partial charge in [0.25, 0.3) is 5.91 Å². The molecular formula is C12H10NO2. The molecule has 1 aromatic carbocycles. The third kappa shape index (κ3) is 2.09. The van der Waals surface area contributed by atoms with Gasteiger partial charge in [-0.05, 0) is 12.1 Å². The van der Waals surface area contributed by atoms with Crippen LogP contribution in [0.5, 0.6) is 0 Å². The summed E-state index contributed by atoms with van der Waals surface area (Å²) in [6.07, 6.45) is 1.79. The number of amides is 1. The van der Waals surface area contributed by atoms with Gasteiger partial charge >= 0.3 is 0 Å². The molecule has 1 radical (unpaired) electrons. The van der Waals surface area contributed by atoms with Crippen LogP contribution >= 0.6 is 0 Å². The molecule has 1 aliphatic rings. The fraction of sp³-hybridized carbons (Fsp3) is 0.167. The van der Waals surface area contributed by atoms with Crippen LogP contribution in [0.3, 0.4) is 0 Å². The molecule has 0 saturated heterocycles. The summed E-state index contributed by atoms with van der Waals surface area (Å²) < 4.78 is 0. The fourth-order valence-electron chi connectivity index (χ4n) is 1.42. The van der Waals surface area contributed by atoms with E-state index in [1.54, 1.807) is 12.1 Å². The van der Waals surface area contributed by atoms with Gasteiger partial charge in [0.2, 0.25) is 5.76 Å². The molecule has 0 saturated carbocycles. The van der Waals surface area contributed by atoms with Crippen LogP contribution in [0.15, 0.2) is 48.0 Å². The lowest BCUT2D eigenvalue weighted by Crippen LogP contribution is -2.28. The minimum atomic E-state index is -0.0874. The van der Waals surface area contributed by atoms with E-state index >= 15 is 0 Å². The van der Waals surface area contributed by atoms with E-state index in [0.717, 1.165) is 0 Å². The van der Waals surface area contributed by atoms with Crippen molar-refractivity contribution in [3.8, 4) is 0 Å². The van der Waals surface area contributed by atoms with E-state index in [-0.39, 0.29) is 11.7 Å². The lowest BCUT2D eigenvalue weighted by Gasteiger charge is -2.18. The zero-order valence-electron chi connectivity index (χ0n) is 8.14. The van der Waals surface area contributed by atoms with Gasteiger partial charge in [0.15, 0.2) is 0 Å². The average Bonchev–Trinajstić information content (AvgIpc) is 2.30. The highest BCUT2D eigenvalue weighted by molar-refractivity contribution is 5.94. The normalized spacial score (nSPS) is 14.9. The van der Waals surface area contributed by atoms with E-state index in [1.807, 2.05) is 18.2 Å².